The number of piperidine rings is 1. The Morgan fingerprint density at radius 2 is 1.86 bits per heavy atom. The quantitative estimate of drug-likeness (QED) is 0.387. The van der Waals surface area contributed by atoms with Crippen LogP contribution >= 0.6 is 0 Å². The molecule has 0 amide bonds. The second-order valence-electron chi connectivity index (χ2n) is 8.95. The lowest BCUT2D eigenvalue weighted by Crippen LogP contribution is -2.41. The van der Waals surface area contributed by atoms with Crippen molar-refractivity contribution < 1.29 is 14.6 Å². The van der Waals surface area contributed by atoms with E-state index in [1.165, 1.54) is 0 Å². The first-order valence-electron chi connectivity index (χ1n) is 12.2. The van der Waals surface area contributed by atoms with E-state index in [9.17, 15) is 9.90 Å². The Labute approximate surface area is 208 Å². The zero-order chi connectivity index (χ0) is 25.1. The van der Waals surface area contributed by atoms with Crippen LogP contribution in [-0.4, -0.2) is 68.1 Å². The summed E-state index contributed by atoms with van der Waals surface area (Å²) in [6.45, 7) is 4.18. The number of rotatable bonds is 8. The number of aromatic amines is 1. The van der Waals surface area contributed by atoms with Crippen molar-refractivity contribution >= 4 is 10.9 Å². The lowest BCUT2D eigenvalue weighted by atomic mass is 9.99. The van der Waals surface area contributed by atoms with Gasteiger partial charge >= 0.3 is 0 Å². The Balaban J connectivity index is 1.57. The van der Waals surface area contributed by atoms with Crippen LogP contribution in [0.2, 0.25) is 0 Å². The summed E-state index contributed by atoms with van der Waals surface area (Å²) >= 11 is 0. The molecule has 2 N–H and O–H groups in total. The monoisotopic (exact) mass is 490 g/mol. The SMILES string of the molecule is CCOc1ccc2[nH]c(=O)c(C(c3nnnn3Cc3ccc(OC)cc3)N3CCC(O)CC3)cc2c1. The van der Waals surface area contributed by atoms with Crippen LogP contribution in [0.25, 0.3) is 10.9 Å². The van der Waals surface area contributed by atoms with E-state index in [2.05, 4.69) is 25.4 Å². The second kappa shape index (κ2) is 10.5. The zero-order valence-electron chi connectivity index (χ0n) is 20.4. The Bertz CT molecular complexity index is 1380. The molecule has 1 atom stereocenters. The van der Waals surface area contributed by atoms with Crippen LogP contribution in [0.15, 0.2) is 53.3 Å². The smallest absolute Gasteiger partial charge is 0.253 e. The number of methoxy groups -OCH3 is 1. The van der Waals surface area contributed by atoms with E-state index in [-0.39, 0.29) is 11.7 Å². The summed E-state index contributed by atoms with van der Waals surface area (Å²) in [5.74, 6) is 2.09. The van der Waals surface area contributed by atoms with Crippen LogP contribution in [-0.2, 0) is 6.54 Å². The van der Waals surface area contributed by atoms with E-state index in [0.29, 0.717) is 50.5 Å². The van der Waals surface area contributed by atoms with Gasteiger partial charge in [0, 0.05) is 29.6 Å². The molecule has 36 heavy (non-hydrogen) atoms. The maximum Gasteiger partial charge on any atom is 0.253 e. The summed E-state index contributed by atoms with van der Waals surface area (Å²) in [5.41, 5.74) is 2.10. The van der Waals surface area contributed by atoms with Gasteiger partial charge in [-0.3, -0.25) is 9.69 Å². The number of H-pyrrole nitrogens is 1. The highest BCUT2D eigenvalue weighted by Crippen LogP contribution is 2.30. The highest BCUT2D eigenvalue weighted by Gasteiger charge is 2.32. The molecule has 1 aliphatic rings. The molecule has 10 nitrogen and oxygen atoms in total. The molecule has 2 aromatic heterocycles. The minimum absolute atomic E-state index is 0.193. The Kier molecular flexibility index (Phi) is 6.97. The number of aliphatic hydroxyl groups is 1. The van der Waals surface area contributed by atoms with Gasteiger partial charge in [0.2, 0.25) is 0 Å². The van der Waals surface area contributed by atoms with Crippen LogP contribution in [0.1, 0.15) is 42.8 Å². The number of aromatic nitrogens is 5. The fourth-order valence-electron chi connectivity index (χ4n) is 4.73. The number of hydrogen-bond donors (Lipinski definition) is 2. The van der Waals surface area contributed by atoms with Crippen molar-refractivity contribution in [2.24, 2.45) is 0 Å². The third kappa shape index (κ3) is 4.95. The van der Waals surface area contributed by atoms with Crippen LogP contribution in [0.3, 0.4) is 0 Å². The fourth-order valence-corrected chi connectivity index (χ4v) is 4.73. The fraction of sp³-hybridized carbons (Fsp3) is 0.385. The van der Waals surface area contributed by atoms with E-state index < -0.39 is 6.04 Å². The molecule has 0 saturated carbocycles. The molecule has 0 bridgehead atoms. The summed E-state index contributed by atoms with van der Waals surface area (Å²) in [7, 11) is 1.63. The number of aliphatic hydroxyl groups excluding tert-OH is 1. The molecule has 1 unspecified atom stereocenters. The van der Waals surface area contributed by atoms with Gasteiger partial charge in [0.05, 0.1) is 26.4 Å². The number of nitrogens with one attached hydrogen (secondary N) is 1. The summed E-state index contributed by atoms with van der Waals surface area (Å²) in [5, 5.41) is 23.6. The molecule has 0 aliphatic carbocycles. The molecule has 188 valence electrons. The van der Waals surface area contributed by atoms with Gasteiger partial charge in [-0.25, -0.2) is 4.68 Å². The normalized spacial score (nSPS) is 15.8. The van der Waals surface area contributed by atoms with Crippen molar-refractivity contribution in [3.8, 4) is 11.5 Å². The lowest BCUT2D eigenvalue weighted by Gasteiger charge is -2.35. The molecule has 5 rings (SSSR count). The van der Waals surface area contributed by atoms with Gasteiger partial charge in [-0.15, -0.1) is 5.10 Å². The largest absolute Gasteiger partial charge is 0.497 e. The zero-order valence-corrected chi connectivity index (χ0v) is 20.4. The topological polar surface area (TPSA) is 118 Å². The number of fused-ring (bicyclic) bond motifs is 1. The predicted octanol–water partition coefficient (Wildman–Crippen LogP) is 2.52. The first-order valence-corrected chi connectivity index (χ1v) is 12.2. The minimum atomic E-state index is -0.477. The van der Waals surface area contributed by atoms with Crippen LogP contribution in [0, 0.1) is 0 Å². The molecule has 1 aliphatic heterocycles. The number of tetrazole rings is 1. The van der Waals surface area contributed by atoms with Gasteiger partial charge in [-0.1, -0.05) is 12.1 Å². The van der Waals surface area contributed by atoms with Gasteiger partial charge in [-0.05, 0) is 72.2 Å². The molecule has 2 aromatic carbocycles. The number of pyridine rings is 1. The molecule has 3 heterocycles. The molecular weight excluding hydrogens is 460 g/mol. The maximum atomic E-state index is 13.4. The number of likely N-dealkylation sites (tertiary alicyclic amines) is 1. The Morgan fingerprint density at radius 1 is 1.11 bits per heavy atom. The van der Waals surface area contributed by atoms with Crippen molar-refractivity contribution in [1.29, 1.82) is 0 Å². The van der Waals surface area contributed by atoms with E-state index in [4.69, 9.17) is 9.47 Å². The molecular formula is C26H30N6O4. The van der Waals surface area contributed by atoms with Gasteiger partial charge in [-0.2, -0.15) is 0 Å². The van der Waals surface area contributed by atoms with Gasteiger partial charge in [0.1, 0.15) is 17.5 Å². The van der Waals surface area contributed by atoms with Gasteiger partial charge in [0.15, 0.2) is 5.82 Å². The lowest BCUT2D eigenvalue weighted by molar-refractivity contribution is 0.0659. The second-order valence-corrected chi connectivity index (χ2v) is 8.95. The molecule has 0 spiro atoms. The Morgan fingerprint density at radius 3 is 2.58 bits per heavy atom. The maximum absolute atomic E-state index is 13.4. The first-order chi connectivity index (χ1) is 17.6. The average molecular weight is 491 g/mol. The summed E-state index contributed by atoms with van der Waals surface area (Å²) in [6.07, 6.45) is 0.897. The predicted molar refractivity (Wildman–Crippen MR) is 134 cm³/mol. The van der Waals surface area contributed by atoms with Crippen molar-refractivity contribution in [3.05, 3.63) is 75.8 Å². The van der Waals surface area contributed by atoms with Crippen LogP contribution in [0.5, 0.6) is 11.5 Å². The van der Waals surface area contributed by atoms with E-state index >= 15 is 0 Å². The van der Waals surface area contributed by atoms with Crippen molar-refractivity contribution in [2.45, 2.75) is 38.5 Å². The Hall–Kier alpha value is -3.76. The van der Waals surface area contributed by atoms with Gasteiger partial charge in [0.25, 0.3) is 5.56 Å². The summed E-state index contributed by atoms with van der Waals surface area (Å²) < 4.78 is 12.7. The molecule has 10 heteroatoms. The first kappa shape index (κ1) is 24.0. The standard InChI is InChI=1S/C26H30N6O4/c1-3-36-21-8-9-23-18(14-21)15-22(26(34)27-23)24(31-12-10-19(33)11-13-31)25-28-29-30-32(25)16-17-4-6-20(35-2)7-5-17/h4-9,14-15,19,24,33H,3,10-13,16H2,1-2H3,(H,27,34). The van der Waals surface area contributed by atoms with E-state index in [0.717, 1.165) is 28.0 Å². The number of benzene rings is 2. The van der Waals surface area contributed by atoms with Crippen molar-refractivity contribution in [3.63, 3.8) is 0 Å². The average Bonchev–Trinajstić information content (AvgIpc) is 3.34. The number of nitrogens with zero attached hydrogens (tertiary/aromatic N) is 5. The van der Waals surface area contributed by atoms with Crippen LogP contribution in [0.4, 0.5) is 0 Å². The van der Waals surface area contributed by atoms with Gasteiger partial charge < -0.3 is 19.6 Å². The number of ether oxygens (including phenoxy) is 2. The van der Waals surface area contributed by atoms with Crippen molar-refractivity contribution in [2.75, 3.05) is 26.8 Å². The van der Waals surface area contributed by atoms with E-state index in [1.54, 1.807) is 11.8 Å². The summed E-state index contributed by atoms with van der Waals surface area (Å²) in [4.78, 5) is 18.6. The van der Waals surface area contributed by atoms with E-state index in [1.807, 2.05) is 55.5 Å². The summed E-state index contributed by atoms with van der Waals surface area (Å²) in [6, 6.07) is 14.8. The van der Waals surface area contributed by atoms with Crippen molar-refractivity contribution in [1.82, 2.24) is 30.1 Å². The third-order valence-electron chi connectivity index (χ3n) is 6.61. The molecule has 4 aromatic rings. The number of hydrogen-bond acceptors (Lipinski definition) is 8. The molecule has 1 saturated heterocycles. The van der Waals surface area contributed by atoms with Crippen LogP contribution < -0.4 is 15.0 Å². The molecule has 0 radical (unpaired) electrons. The minimum Gasteiger partial charge on any atom is -0.497 e. The highest BCUT2D eigenvalue weighted by molar-refractivity contribution is 5.80. The third-order valence-corrected chi connectivity index (χ3v) is 6.61. The molecule has 1 fully saturated rings. The highest BCUT2D eigenvalue weighted by atomic mass is 16.5.